The first-order chi connectivity index (χ1) is 10.6. The molecular formula is C16H10Cl2N2O2. The van der Waals surface area contributed by atoms with Crippen molar-refractivity contribution in [3.8, 4) is 16.9 Å². The van der Waals surface area contributed by atoms with Gasteiger partial charge < -0.3 is 5.11 Å². The lowest BCUT2D eigenvalue weighted by Crippen LogP contribution is -2.02. The number of aromatic nitrogens is 2. The van der Waals surface area contributed by atoms with Gasteiger partial charge in [0.1, 0.15) is 0 Å². The van der Waals surface area contributed by atoms with Crippen molar-refractivity contribution in [3.63, 3.8) is 0 Å². The van der Waals surface area contributed by atoms with Gasteiger partial charge in [0.2, 0.25) is 0 Å². The molecule has 0 aliphatic heterocycles. The summed E-state index contributed by atoms with van der Waals surface area (Å²) < 4.78 is 1.54. The van der Waals surface area contributed by atoms with Crippen LogP contribution in [0.2, 0.25) is 10.0 Å². The fourth-order valence-electron chi connectivity index (χ4n) is 2.13. The topological polar surface area (TPSA) is 55.1 Å². The first-order valence-electron chi connectivity index (χ1n) is 6.40. The molecule has 0 unspecified atom stereocenters. The van der Waals surface area contributed by atoms with E-state index in [0.29, 0.717) is 27.0 Å². The molecule has 0 atom stereocenters. The second-order valence-electron chi connectivity index (χ2n) is 4.59. The Morgan fingerprint density at radius 1 is 1.05 bits per heavy atom. The molecule has 0 radical (unpaired) electrons. The highest BCUT2D eigenvalue weighted by Gasteiger charge is 2.17. The van der Waals surface area contributed by atoms with Crippen LogP contribution in [0, 0.1) is 0 Å². The highest BCUT2D eigenvalue weighted by atomic mass is 35.5. The van der Waals surface area contributed by atoms with Gasteiger partial charge in [-0.15, -0.1) is 0 Å². The summed E-state index contributed by atoms with van der Waals surface area (Å²) in [7, 11) is 0. The summed E-state index contributed by atoms with van der Waals surface area (Å²) in [4.78, 5) is 11.2. The summed E-state index contributed by atoms with van der Waals surface area (Å²) >= 11 is 12.1. The maximum Gasteiger partial charge on any atom is 0.356 e. The summed E-state index contributed by atoms with van der Waals surface area (Å²) in [6, 6.07) is 15.7. The molecule has 0 aliphatic rings. The summed E-state index contributed by atoms with van der Waals surface area (Å²) in [6.45, 7) is 0. The van der Waals surface area contributed by atoms with Crippen molar-refractivity contribution in [2.24, 2.45) is 0 Å². The van der Waals surface area contributed by atoms with Crippen LogP contribution >= 0.6 is 23.2 Å². The van der Waals surface area contributed by atoms with Crippen LogP contribution in [0.4, 0.5) is 0 Å². The van der Waals surface area contributed by atoms with E-state index >= 15 is 0 Å². The van der Waals surface area contributed by atoms with E-state index in [4.69, 9.17) is 23.2 Å². The van der Waals surface area contributed by atoms with E-state index < -0.39 is 5.97 Å². The zero-order valence-corrected chi connectivity index (χ0v) is 12.7. The van der Waals surface area contributed by atoms with Gasteiger partial charge in [0.15, 0.2) is 5.69 Å². The molecule has 0 spiro atoms. The number of carboxylic acid groups (broad SMARTS) is 1. The number of nitrogens with zero attached hydrogens (tertiary/aromatic N) is 2. The maximum absolute atomic E-state index is 11.2. The lowest BCUT2D eigenvalue weighted by Gasteiger charge is -2.09. The van der Waals surface area contributed by atoms with Crippen molar-refractivity contribution in [3.05, 3.63) is 70.3 Å². The van der Waals surface area contributed by atoms with Gasteiger partial charge in [0, 0.05) is 15.6 Å². The molecule has 3 rings (SSSR count). The molecule has 2 aromatic carbocycles. The second-order valence-corrected chi connectivity index (χ2v) is 5.43. The molecule has 0 saturated heterocycles. The normalized spacial score (nSPS) is 10.6. The minimum Gasteiger partial charge on any atom is -0.476 e. The average molecular weight is 333 g/mol. The molecule has 1 aromatic heterocycles. The van der Waals surface area contributed by atoms with Crippen LogP contribution in [0.15, 0.2) is 54.6 Å². The summed E-state index contributed by atoms with van der Waals surface area (Å²) in [5, 5.41) is 14.5. The Morgan fingerprint density at radius 2 is 1.73 bits per heavy atom. The number of rotatable bonds is 3. The number of hydrogen-bond acceptors (Lipinski definition) is 2. The van der Waals surface area contributed by atoms with Gasteiger partial charge in [0.05, 0.1) is 11.4 Å². The van der Waals surface area contributed by atoms with E-state index in [0.717, 1.165) is 0 Å². The average Bonchev–Trinajstić information content (AvgIpc) is 2.94. The minimum absolute atomic E-state index is 0.0510. The molecule has 0 bridgehead atoms. The largest absolute Gasteiger partial charge is 0.476 e. The Bertz CT molecular complexity index is 842. The molecule has 6 heteroatoms. The molecule has 22 heavy (non-hydrogen) atoms. The first-order valence-corrected chi connectivity index (χ1v) is 7.16. The third kappa shape index (κ3) is 2.71. The molecule has 0 amide bonds. The van der Waals surface area contributed by atoms with E-state index in [1.165, 1.54) is 6.07 Å². The van der Waals surface area contributed by atoms with Crippen LogP contribution < -0.4 is 0 Å². The summed E-state index contributed by atoms with van der Waals surface area (Å²) in [6.07, 6.45) is 0. The van der Waals surface area contributed by atoms with Gasteiger partial charge in [-0.25, -0.2) is 9.48 Å². The lowest BCUT2D eigenvalue weighted by molar-refractivity contribution is 0.0690. The third-order valence-corrected chi connectivity index (χ3v) is 3.73. The van der Waals surface area contributed by atoms with E-state index in [1.807, 2.05) is 18.2 Å². The fourth-order valence-corrected chi connectivity index (χ4v) is 2.48. The van der Waals surface area contributed by atoms with Crippen molar-refractivity contribution in [1.82, 2.24) is 9.78 Å². The number of halogens is 2. The SMILES string of the molecule is O=C(O)c1cc(-c2ccccc2Cl)n(-c2ccc(Cl)cc2)n1. The summed E-state index contributed by atoms with van der Waals surface area (Å²) in [5.74, 6) is -1.10. The van der Waals surface area contributed by atoms with Gasteiger partial charge in [0.25, 0.3) is 0 Å². The van der Waals surface area contributed by atoms with Crippen molar-refractivity contribution >= 4 is 29.2 Å². The zero-order valence-electron chi connectivity index (χ0n) is 11.2. The lowest BCUT2D eigenvalue weighted by atomic mass is 10.1. The van der Waals surface area contributed by atoms with Gasteiger partial charge in [-0.1, -0.05) is 41.4 Å². The number of benzene rings is 2. The number of aromatic carboxylic acids is 1. The van der Waals surface area contributed by atoms with Crippen LogP contribution in [0.5, 0.6) is 0 Å². The van der Waals surface area contributed by atoms with Gasteiger partial charge >= 0.3 is 5.97 Å². The summed E-state index contributed by atoms with van der Waals surface area (Å²) in [5.41, 5.74) is 1.96. The predicted molar refractivity (Wildman–Crippen MR) is 86.0 cm³/mol. The smallest absolute Gasteiger partial charge is 0.356 e. The van der Waals surface area contributed by atoms with Crippen LogP contribution in [0.1, 0.15) is 10.5 Å². The Hall–Kier alpha value is -2.30. The minimum atomic E-state index is -1.10. The van der Waals surface area contributed by atoms with E-state index in [2.05, 4.69) is 5.10 Å². The monoisotopic (exact) mass is 332 g/mol. The molecule has 3 aromatic rings. The van der Waals surface area contributed by atoms with Crippen LogP contribution in [0.25, 0.3) is 16.9 Å². The third-order valence-electron chi connectivity index (χ3n) is 3.15. The van der Waals surface area contributed by atoms with Crippen molar-refractivity contribution < 1.29 is 9.90 Å². The van der Waals surface area contributed by atoms with Crippen LogP contribution in [-0.2, 0) is 0 Å². The molecular weight excluding hydrogens is 323 g/mol. The Morgan fingerprint density at radius 3 is 2.36 bits per heavy atom. The number of carbonyl (C=O) groups is 1. The highest BCUT2D eigenvalue weighted by Crippen LogP contribution is 2.30. The van der Waals surface area contributed by atoms with Crippen molar-refractivity contribution in [1.29, 1.82) is 0 Å². The van der Waals surface area contributed by atoms with Crippen molar-refractivity contribution in [2.75, 3.05) is 0 Å². The first kappa shape index (κ1) is 14.6. The molecule has 0 fully saturated rings. The fraction of sp³-hybridized carbons (Fsp3) is 0. The molecule has 110 valence electrons. The van der Waals surface area contributed by atoms with Crippen molar-refractivity contribution in [2.45, 2.75) is 0 Å². The quantitative estimate of drug-likeness (QED) is 0.765. The maximum atomic E-state index is 11.2. The number of hydrogen-bond donors (Lipinski definition) is 1. The van der Waals surface area contributed by atoms with E-state index in [1.54, 1.807) is 35.0 Å². The molecule has 4 nitrogen and oxygen atoms in total. The number of carboxylic acids is 1. The Kier molecular flexibility index (Phi) is 3.88. The second kappa shape index (κ2) is 5.83. The van der Waals surface area contributed by atoms with Crippen LogP contribution in [-0.4, -0.2) is 20.9 Å². The molecule has 0 aliphatic carbocycles. The Labute approximate surface area is 136 Å². The standard InChI is InChI=1S/C16H10Cl2N2O2/c17-10-5-7-11(8-6-10)20-15(9-14(19-20)16(21)22)12-3-1-2-4-13(12)18/h1-9H,(H,21,22). The van der Waals surface area contributed by atoms with Crippen LogP contribution in [0.3, 0.4) is 0 Å². The molecule has 0 saturated carbocycles. The van der Waals surface area contributed by atoms with E-state index in [-0.39, 0.29) is 5.69 Å². The highest BCUT2D eigenvalue weighted by molar-refractivity contribution is 6.33. The predicted octanol–water partition coefficient (Wildman–Crippen LogP) is 4.54. The van der Waals surface area contributed by atoms with E-state index in [9.17, 15) is 9.90 Å². The molecule has 1 heterocycles. The Balaban J connectivity index is 2.23. The van der Waals surface area contributed by atoms with Gasteiger partial charge in [-0.05, 0) is 36.4 Å². The zero-order chi connectivity index (χ0) is 15.7. The molecule has 1 N–H and O–H groups in total. The van der Waals surface area contributed by atoms with Gasteiger partial charge in [-0.3, -0.25) is 0 Å². The van der Waals surface area contributed by atoms with Gasteiger partial charge in [-0.2, -0.15) is 5.10 Å².